The first-order valence-electron chi connectivity index (χ1n) is 8.32. The summed E-state index contributed by atoms with van der Waals surface area (Å²) < 4.78 is 35.2. The van der Waals surface area contributed by atoms with E-state index in [1.807, 2.05) is 11.4 Å². The van der Waals surface area contributed by atoms with E-state index in [2.05, 4.69) is 30.1 Å². The van der Waals surface area contributed by atoms with Crippen molar-refractivity contribution in [3.63, 3.8) is 0 Å². The highest BCUT2D eigenvalue weighted by Gasteiger charge is 2.48. The summed E-state index contributed by atoms with van der Waals surface area (Å²) in [6.45, 7) is 0. The summed E-state index contributed by atoms with van der Waals surface area (Å²) in [5.41, 5.74) is 1.29. The van der Waals surface area contributed by atoms with Crippen LogP contribution in [0.2, 0.25) is 0 Å². The maximum absolute atomic E-state index is 13.2. The third kappa shape index (κ3) is 3.01. The topological polar surface area (TPSA) is 84.8 Å². The molecule has 7 nitrogen and oxygen atoms in total. The molecule has 0 saturated carbocycles. The van der Waals surface area contributed by atoms with Crippen molar-refractivity contribution in [1.29, 1.82) is 0 Å². The number of hydrogen-bond acceptors (Lipinski definition) is 7. The summed E-state index contributed by atoms with van der Waals surface area (Å²) in [7, 11) is 0. The highest BCUT2D eigenvalue weighted by molar-refractivity contribution is 7.13. The first kappa shape index (κ1) is 16.9. The molecular formula is C18H12F2N4O3S. The van der Waals surface area contributed by atoms with Crippen LogP contribution in [0.3, 0.4) is 0 Å². The summed E-state index contributed by atoms with van der Waals surface area (Å²) in [6.07, 6.45) is 0.940. The zero-order valence-electron chi connectivity index (χ0n) is 14.1. The zero-order chi connectivity index (χ0) is 19.3. The fourth-order valence-corrected chi connectivity index (χ4v) is 3.76. The van der Waals surface area contributed by atoms with Gasteiger partial charge < -0.3 is 14.8 Å². The lowest BCUT2D eigenvalue weighted by Gasteiger charge is -2.16. The van der Waals surface area contributed by atoms with E-state index >= 15 is 0 Å². The van der Waals surface area contributed by atoms with E-state index in [0.29, 0.717) is 5.56 Å². The molecule has 3 aliphatic rings. The van der Waals surface area contributed by atoms with Crippen molar-refractivity contribution in [2.75, 3.05) is 0 Å². The number of carbonyl (C=O) groups excluding carboxylic acids is 1. The van der Waals surface area contributed by atoms with E-state index in [4.69, 9.17) is 0 Å². The van der Waals surface area contributed by atoms with Crippen molar-refractivity contribution in [3.8, 4) is 10.6 Å². The molecule has 2 unspecified atom stereocenters. The minimum Gasteiger partial charge on any atom is -0.396 e. The molecule has 2 aromatic rings. The van der Waals surface area contributed by atoms with Gasteiger partial charge in [0.05, 0.1) is 12.1 Å². The summed E-state index contributed by atoms with van der Waals surface area (Å²) in [4.78, 5) is 21.1. The third-order valence-electron chi connectivity index (χ3n) is 4.34. The number of nitrogens with zero attached hydrogens (tertiary/aromatic N) is 2. The summed E-state index contributed by atoms with van der Waals surface area (Å²) >= 11 is 1.48. The molecule has 2 aliphatic heterocycles. The Bertz CT molecular complexity index is 1050. The Kier molecular flexibility index (Phi) is 3.69. The van der Waals surface area contributed by atoms with Gasteiger partial charge in [-0.25, -0.2) is 9.98 Å². The number of thiazole rings is 1. The van der Waals surface area contributed by atoms with E-state index in [-0.39, 0.29) is 23.4 Å². The van der Waals surface area contributed by atoms with Crippen LogP contribution in [0.5, 0.6) is 0 Å². The van der Waals surface area contributed by atoms with Crippen LogP contribution in [-0.4, -0.2) is 35.2 Å². The molecular weight excluding hydrogens is 390 g/mol. The smallest absolute Gasteiger partial charge is 0.396 e. The van der Waals surface area contributed by atoms with Crippen molar-refractivity contribution in [1.82, 2.24) is 15.6 Å². The molecule has 28 heavy (non-hydrogen) atoms. The number of hydrogen-bond donors (Lipinski definition) is 2. The minimum absolute atomic E-state index is 0.0438. The van der Waals surface area contributed by atoms with Crippen molar-refractivity contribution in [2.24, 2.45) is 4.99 Å². The number of rotatable bonds is 2. The number of benzene rings is 1. The second kappa shape index (κ2) is 6.13. The van der Waals surface area contributed by atoms with Gasteiger partial charge in [0.25, 0.3) is 5.91 Å². The number of ether oxygens (including phenoxy) is 2. The first-order chi connectivity index (χ1) is 13.5. The van der Waals surface area contributed by atoms with Crippen LogP contribution < -0.4 is 10.6 Å². The number of guanidine groups is 1. The van der Waals surface area contributed by atoms with E-state index in [1.165, 1.54) is 23.5 Å². The molecule has 1 aromatic heterocycles. The fraction of sp³-hybridized carbons (Fsp3) is 0.167. The van der Waals surface area contributed by atoms with Crippen molar-refractivity contribution >= 4 is 23.2 Å². The number of amides is 1. The summed E-state index contributed by atoms with van der Waals surface area (Å²) in [5, 5.41) is 8.36. The van der Waals surface area contributed by atoms with Gasteiger partial charge in [-0.05, 0) is 24.3 Å². The molecule has 2 atom stereocenters. The monoisotopic (exact) mass is 402 g/mol. The molecule has 0 radical (unpaired) electrons. The Labute approximate surface area is 161 Å². The molecule has 0 bridgehead atoms. The molecule has 1 fully saturated rings. The van der Waals surface area contributed by atoms with Crippen LogP contribution in [0.25, 0.3) is 10.6 Å². The average molecular weight is 402 g/mol. The quantitative estimate of drug-likeness (QED) is 0.807. The minimum atomic E-state index is -3.67. The van der Waals surface area contributed by atoms with E-state index in [0.717, 1.165) is 10.6 Å². The second-order valence-electron chi connectivity index (χ2n) is 6.24. The SMILES string of the molecule is O=C(NC1=NC2C=C3OC(F)(F)OC3=CC2N1)c1cccc(-c2nccs2)c1. The molecule has 1 aromatic carbocycles. The van der Waals surface area contributed by atoms with Crippen molar-refractivity contribution < 1.29 is 23.0 Å². The third-order valence-corrected chi connectivity index (χ3v) is 5.16. The normalized spacial score (nSPS) is 23.9. The van der Waals surface area contributed by atoms with Gasteiger partial charge in [0, 0.05) is 22.7 Å². The predicted molar refractivity (Wildman–Crippen MR) is 96.4 cm³/mol. The number of fused-ring (bicyclic) bond motifs is 2. The van der Waals surface area contributed by atoms with Gasteiger partial charge in [0.15, 0.2) is 17.5 Å². The van der Waals surface area contributed by atoms with Gasteiger partial charge in [0.2, 0.25) is 0 Å². The zero-order valence-corrected chi connectivity index (χ0v) is 14.9. The molecule has 2 N–H and O–H groups in total. The highest BCUT2D eigenvalue weighted by Crippen LogP contribution is 2.39. The van der Waals surface area contributed by atoms with Gasteiger partial charge in [-0.3, -0.25) is 10.1 Å². The number of carbonyl (C=O) groups is 1. The Balaban J connectivity index is 1.31. The number of halogens is 2. The number of aliphatic imine (C=N–C) groups is 1. The van der Waals surface area contributed by atoms with Gasteiger partial charge >= 0.3 is 6.29 Å². The van der Waals surface area contributed by atoms with Gasteiger partial charge in [-0.1, -0.05) is 12.1 Å². The second-order valence-corrected chi connectivity index (χ2v) is 7.13. The predicted octanol–water partition coefficient (Wildman–Crippen LogP) is 2.61. The van der Waals surface area contributed by atoms with Gasteiger partial charge in [-0.15, -0.1) is 20.1 Å². The van der Waals surface area contributed by atoms with E-state index in [1.54, 1.807) is 24.4 Å². The maximum Gasteiger partial charge on any atom is 0.586 e. The lowest BCUT2D eigenvalue weighted by Crippen LogP contribution is -2.42. The molecule has 1 amide bonds. The fourth-order valence-electron chi connectivity index (χ4n) is 3.13. The average Bonchev–Trinajstić information content (AvgIpc) is 3.36. The highest BCUT2D eigenvalue weighted by atomic mass is 32.1. The molecule has 1 aliphatic carbocycles. The summed E-state index contributed by atoms with van der Waals surface area (Å²) in [5.74, 6) is -0.193. The van der Waals surface area contributed by atoms with Crippen molar-refractivity contribution in [2.45, 2.75) is 18.4 Å². The van der Waals surface area contributed by atoms with Crippen LogP contribution in [0.15, 0.2) is 64.5 Å². The van der Waals surface area contributed by atoms with Crippen molar-refractivity contribution in [3.05, 3.63) is 65.1 Å². The van der Waals surface area contributed by atoms with E-state index < -0.39 is 18.4 Å². The molecule has 142 valence electrons. The Morgan fingerprint density at radius 3 is 2.86 bits per heavy atom. The summed E-state index contributed by atoms with van der Waals surface area (Å²) in [6, 6.07) is 6.20. The molecule has 1 saturated heterocycles. The van der Waals surface area contributed by atoms with Crippen LogP contribution >= 0.6 is 11.3 Å². The van der Waals surface area contributed by atoms with Crippen LogP contribution in [0.1, 0.15) is 10.4 Å². The largest absolute Gasteiger partial charge is 0.586 e. The van der Waals surface area contributed by atoms with E-state index in [9.17, 15) is 13.6 Å². The molecule has 0 spiro atoms. The first-order valence-corrected chi connectivity index (χ1v) is 9.20. The Morgan fingerprint density at radius 2 is 2.07 bits per heavy atom. The van der Waals surface area contributed by atoms with Gasteiger partial charge in [0.1, 0.15) is 5.01 Å². The number of aromatic nitrogens is 1. The number of alkyl halides is 2. The Morgan fingerprint density at radius 1 is 1.25 bits per heavy atom. The van der Waals surface area contributed by atoms with Crippen LogP contribution in [0.4, 0.5) is 8.78 Å². The Hall–Kier alpha value is -3.27. The van der Waals surface area contributed by atoms with Gasteiger partial charge in [-0.2, -0.15) is 0 Å². The lowest BCUT2D eigenvalue weighted by molar-refractivity contribution is -0.326. The standard InChI is InChI=1S/C18H12F2N4O3S/c19-18(20)26-13-7-11-12(8-14(13)27-18)23-17(22-11)24-15(25)9-2-1-3-10(6-9)16-21-4-5-28-16/h1-8,11-12H,(H2,22,23,24,25). The lowest BCUT2D eigenvalue weighted by atomic mass is 10.0. The van der Waals surface area contributed by atoms with Crippen LogP contribution in [-0.2, 0) is 9.47 Å². The molecule has 3 heterocycles. The molecule has 5 rings (SSSR count). The molecule has 10 heteroatoms. The van der Waals surface area contributed by atoms with Crippen LogP contribution in [0, 0.1) is 0 Å². The maximum atomic E-state index is 13.2. The number of nitrogens with one attached hydrogen (secondary N) is 2.